The summed E-state index contributed by atoms with van der Waals surface area (Å²) in [6, 6.07) is 6.80. The third-order valence-corrected chi connectivity index (χ3v) is 6.67. The lowest BCUT2D eigenvalue weighted by Crippen LogP contribution is -2.50. The average Bonchev–Trinajstić information content (AvgIpc) is 2.79. The average molecular weight is 446 g/mol. The van der Waals surface area contributed by atoms with Crippen molar-refractivity contribution in [3.05, 3.63) is 58.6 Å². The zero-order chi connectivity index (χ0) is 22.8. The molecule has 0 radical (unpaired) electrons. The Bertz CT molecular complexity index is 1120. The van der Waals surface area contributed by atoms with Gasteiger partial charge in [-0.25, -0.2) is 9.97 Å². The number of nitrogens with one attached hydrogen (secondary N) is 2. The third-order valence-electron chi connectivity index (χ3n) is 6.67. The Morgan fingerprint density at radius 1 is 1.06 bits per heavy atom. The normalized spacial score (nSPS) is 19.5. The molecule has 0 atom stereocenters. The first-order chi connectivity index (χ1) is 16.1. The minimum atomic E-state index is 0.563. The van der Waals surface area contributed by atoms with Gasteiger partial charge in [0.2, 0.25) is 0 Å². The lowest BCUT2D eigenvalue weighted by molar-refractivity contribution is -0.0612. The van der Waals surface area contributed by atoms with Gasteiger partial charge >= 0.3 is 0 Å². The van der Waals surface area contributed by atoms with E-state index in [4.69, 9.17) is 19.9 Å². The van der Waals surface area contributed by atoms with Crippen LogP contribution in [0.1, 0.15) is 41.1 Å². The molecule has 0 bridgehead atoms. The fourth-order valence-electron chi connectivity index (χ4n) is 4.69. The van der Waals surface area contributed by atoms with Crippen molar-refractivity contribution in [2.24, 2.45) is 0 Å². The monoisotopic (exact) mass is 445 g/mol. The second-order valence-corrected chi connectivity index (χ2v) is 8.93. The summed E-state index contributed by atoms with van der Waals surface area (Å²) >= 11 is 0. The maximum atomic E-state index is 7.93. The number of aryl methyl sites for hydroxylation is 2. The molecule has 1 saturated heterocycles. The largest absolute Gasteiger partial charge is 0.378 e. The molecule has 7 nitrogen and oxygen atoms in total. The van der Waals surface area contributed by atoms with Gasteiger partial charge in [-0.15, -0.1) is 0 Å². The topological polar surface area (TPSA) is 83.4 Å². The highest BCUT2D eigenvalue weighted by Crippen LogP contribution is 2.31. The Labute approximate surface area is 195 Å². The molecule has 2 N–H and O–H groups in total. The summed E-state index contributed by atoms with van der Waals surface area (Å²) in [7, 11) is 0. The number of anilines is 2. The minimum absolute atomic E-state index is 0.563. The van der Waals surface area contributed by atoms with Gasteiger partial charge in [0.25, 0.3) is 0 Å². The number of rotatable bonds is 6. The number of ether oxygens (including phenoxy) is 2. The van der Waals surface area contributed by atoms with E-state index in [9.17, 15) is 0 Å². The molecule has 3 aliphatic heterocycles. The molecule has 1 aromatic carbocycles. The third kappa shape index (κ3) is 4.76. The van der Waals surface area contributed by atoms with Gasteiger partial charge < -0.3 is 20.2 Å². The standard InChI is InChI=1S/C26H31N5O2/c1-17-11-21(14-27)24(12-23(17)19-5-9-32-10-6-19)30-26-13-25(28-18(2)29-26)20-3-7-31(8-4-20)22-15-33-16-22/h3,5,11-14,22,27H,4,6-10,15-16H2,1-2H3,(H,28,29,30). The Balaban J connectivity index is 1.41. The first kappa shape index (κ1) is 21.9. The van der Waals surface area contributed by atoms with Crippen molar-refractivity contribution in [3.63, 3.8) is 0 Å². The van der Waals surface area contributed by atoms with Crippen LogP contribution in [-0.4, -0.2) is 66.6 Å². The van der Waals surface area contributed by atoms with Crippen LogP contribution in [0.5, 0.6) is 0 Å². The predicted octanol–water partition coefficient (Wildman–Crippen LogP) is 4.13. The summed E-state index contributed by atoms with van der Waals surface area (Å²) in [5, 5.41) is 11.4. The summed E-state index contributed by atoms with van der Waals surface area (Å²) in [6.45, 7) is 9.10. The second-order valence-electron chi connectivity index (χ2n) is 8.93. The van der Waals surface area contributed by atoms with Crippen LogP contribution in [0.25, 0.3) is 11.1 Å². The van der Waals surface area contributed by atoms with Crippen LogP contribution in [-0.2, 0) is 9.47 Å². The lowest BCUT2D eigenvalue weighted by Gasteiger charge is -2.38. The van der Waals surface area contributed by atoms with E-state index < -0.39 is 0 Å². The van der Waals surface area contributed by atoms with E-state index in [1.165, 1.54) is 28.5 Å². The molecular weight excluding hydrogens is 414 g/mol. The molecule has 0 saturated carbocycles. The first-order valence-electron chi connectivity index (χ1n) is 11.7. The molecule has 172 valence electrons. The zero-order valence-corrected chi connectivity index (χ0v) is 19.4. The molecule has 1 fully saturated rings. The van der Waals surface area contributed by atoms with E-state index in [2.05, 4.69) is 46.4 Å². The molecule has 2 aromatic rings. The second kappa shape index (κ2) is 9.55. The van der Waals surface area contributed by atoms with Crippen LogP contribution in [0.15, 0.2) is 30.4 Å². The molecule has 0 spiro atoms. The Morgan fingerprint density at radius 2 is 1.94 bits per heavy atom. The smallest absolute Gasteiger partial charge is 0.134 e. The van der Waals surface area contributed by atoms with E-state index in [0.717, 1.165) is 74.3 Å². The number of hydrogen-bond acceptors (Lipinski definition) is 7. The summed E-state index contributed by atoms with van der Waals surface area (Å²) < 4.78 is 10.8. The SMILES string of the molecule is Cc1nc(Nc2cc(C3=CCOCC3)c(C)cc2C=N)cc(C2=CCN(C3COC3)CC2)n1. The van der Waals surface area contributed by atoms with Gasteiger partial charge in [0, 0.05) is 36.6 Å². The summed E-state index contributed by atoms with van der Waals surface area (Å²) in [5.74, 6) is 1.49. The van der Waals surface area contributed by atoms with E-state index in [1.54, 1.807) is 0 Å². The van der Waals surface area contributed by atoms with Crippen molar-refractivity contribution >= 4 is 28.9 Å². The van der Waals surface area contributed by atoms with Gasteiger partial charge in [-0.05, 0) is 61.1 Å². The van der Waals surface area contributed by atoms with Gasteiger partial charge in [0.1, 0.15) is 11.6 Å². The van der Waals surface area contributed by atoms with E-state index in [-0.39, 0.29) is 0 Å². The molecular formula is C26H31N5O2. The first-order valence-corrected chi connectivity index (χ1v) is 11.7. The molecule has 5 rings (SSSR count). The van der Waals surface area contributed by atoms with E-state index >= 15 is 0 Å². The van der Waals surface area contributed by atoms with Crippen molar-refractivity contribution in [3.8, 4) is 0 Å². The molecule has 33 heavy (non-hydrogen) atoms. The highest BCUT2D eigenvalue weighted by molar-refractivity contribution is 5.90. The van der Waals surface area contributed by atoms with Gasteiger partial charge in [-0.2, -0.15) is 0 Å². The summed E-state index contributed by atoms with van der Waals surface area (Å²) in [4.78, 5) is 11.8. The molecule has 0 amide bonds. The van der Waals surface area contributed by atoms with Crippen molar-refractivity contribution < 1.29 is 9.47 Å². The summed E-state index contributed by atoms with van der Waals surface area (Å²) in [5.41, 5.74) is 7.64. The molecule has 4 heterocycles. The number of nitrogens with zero attached hydrogens (tertiary/aromatic N) is 3. The molecule has 3 aliphatic rings. The molecule has 0 unspecified atom stereocenters. The Kier molecular flexibility index (Phi) is 6.35. The highest BCUT2D eigenvalue weighted by atomic mass is 16.5. The fourth-order valence-corrected chi connectivity index (χ4v) is 4.69. The number of aromatic nitrogens is 2. The van der Waals surface area contributed by atoms with Crippen LogP contribution in [0.2, 0.25) is 0 Å². The van der Waals surface area contributed by atoms with Crippen LogP contribution in [0, 0.1) is 19.3 Å². The quantitative estimate of drug-likeness (QED) is 0.651. The minimum Gasteiger partial charge on any atom is -0.378 e. The van der Waals surface area contributed by atoms with Gasteiger partial charge in [0.05, 0.1) is 38.2 Å². The van der Waals surface area contributed by atoms with Crippen LogP contribution < -0.4 is 5.32 Å². The predicted molar refractivity (Wildman–Crippen MR) is 131 cm³/mol. The maximum absolute atomic E-state index is 7.93. The fraction of sp³-hybridized carbons (Fsp3) is 0.423. The van der Waals surface area contributed by atoms with Crippen molar-refractivity contribution in [1.82, 2.24) is 14.9 Å². The Hall–Kier alpha value is -2.87. The van der Waals surface area contributed by atoms with Gasteiger partial charge in [-0.1, -0.05) is 12.2 Å². The van der Waals surface area contributed by atoms with Crippen LogP contribution >= 0.6 is 0 Å². The number of hydrogen-bond donors (Lipinski definition) is 2. The lowest BCUT2D eigenvalue weighted by atomic mass is 9.94. The molecule has 7 heteroatoms. The molecule has 0 aliphatic carbocycles. The van der Waals surface area contributed by atoms with E-state index in [0.29, 0.717) is 12.6 Å². The van der Waals surface area contributed by atoms with E-state index in [1.807, 2.05) is 13.0 Å². The van der Waals surface area contributed by atoms with Gasteiger partial charge in [0.15, 0.2) is 0 Å². The number of benzene rings is 1. The van der Waals surface area contributed by atoms with Crippen LogP contribution in [0.4, 0.5) is 11.5 Å². The van der Waals surface area contributed by atoms with Gasteiger partial charge in [-0.3, -0.25) is 4.90 Å². The van der Waals surface area contributed by atoms with Crippen molar-refractivity contribution in [2.45, 2.75) is 32.7 Å². The maximum Gasteiger partial charge on any atom is 0.134 e. The highest BCUT2D eigenvalue weighted by Gasteiger charge is 2.27. The van der Waals surface area contributed by atoms with Crippen molar-refractivity contribution in [2.75, 3.05) is 44.8 Å². The zero-order valence-electron chi connectivity index (χ0n) is 19.4. The van der Waals surface area contributed by atoms with Crippen LogP contribution in [0.3, 0.4) is 0 Å². The molecule has 1 aromatic heterocycles. The Morgan fingerprint density at radius 3 is 2.61 bits per heavy atom. The van der Waals surface area contributed by atoms with Crippen molar-refractivity contribution in [1.29, 1.82) is 5.41 Å². The summed E-state index contributed by atoms with van der Waals surface area (Å²) in [6.07, 6.45) is 7.72.